The van der Waals surface area contributed by atoms with E-state index in [1.165, 1.54) is 0 Å². The molecule has 20 heavy (non-hydrogen) atoms. The van der Waals surface area contributed by atoms with Crippen LogP contribution < -0.4 is 5.32 Å². The van der Waals surface area contributed by atoms with Crippen molar-refractivity contribution >= 4 is 28.9 Å². The van der Waals surface area contributed by atoms with E-state index in [-0.39, 0.29) is 12.3 Å². The number of aliphatic carboxylic acids is 1. The van der Waals surface area contributed by atoms with Gasteiger partial charge in [-0.15, -0.1) is 0 Å². The summed E-state index contributed by atoms with van der Waals surface area (Å²) >= 11 is 0. The Morgan fingerprint density at radius 2 is 1.95 bits per heavy atom. The topological polar surface area (TPSA) is 84.2 Å². The van der Waals surface area contributed by atoms with Crippen molar-refractivity contribution in [2.24, 2.45) is 7.05 Å². The maximum atomic E-state index is 11.8. The first-order chi connectivity index (χ1) is 9.58. The lowest BCUT2D eigenvalue weighted by Gasteiger charge is -2.04. The molecule has 6 heteroatoms. The molecule has 0 spiro atoms. The molecule has 2 rings (SSSR count). The van der Waals surface area contributed by atoms with Gasteiger partial charge in [0.2, 0.25) is 11.9 Å². The number of carboxylic acid groups (broad SMARTS) is 1. The number of carbonyl (C=O) groups is 2. The molecule has 0 unspecified atom stereocenters. The van der Waals surface area contributed by atoms with Crippen LogP contribution in [0, 0.1) is 0 Å². The molecule has 0 aliphatic rings. The van der Waals surface area contributed by atoms with Gasteiger partial charge in [-0.25, -0.2) is 4.98 Å². The van der Waals surface area contributed by atoms with Crippen LogP contribution in [0.15, 0.2) is 24.3 Å². The molecule has 2 aromatic rings. The van der Waals surface area contributed by atoms with Gasteiger partial charge in [0.05, 0.1) is 11.0 Å². The van der Waals surface area contributed by atoms with E-state index in [1.807, 2.05) is 35.9 Å². The summed E-state index contributed by atoms with van der Waals surface area (Å²) in [6.07, 6.45) is 1.46. The summed E-state index contributed by atoms with van der Waals surface area (Å²) in [6.45, 7) is 0. The molecular weight excluding hydrogens is 258 g/mol. The van der Waals surface area contributed by atoms with Gasteiger partial charge in [-0.05, 0) is 25.0 Å². The molecule has 1 aromatic carbocycles. The average molecular weight is 275 g/mol. The van der Waals surface area contributed by atoms with Gasteiger partial charge in [-0.2, -0.15) is 0 Å². The number of carboxylic acids is 1. The highest BCUT2D eigenvalue weighted by Gasteiger charge is 2.10. The largest absolute Gasteiger partial charge is 0.481 e. The summed E-state index contributed by atoms with van der Waals surface area (Å²) < 4.78 is 1.82. The molecule has 2 N–H and O–H groups in total. The summed E-state index contributed by atoms with van der Waals surface area (Å²) in [7, 11) is 1.84. The van der Waals surface area contributed by atoms with Crippen molar-refractivity contribution in [3.63, 3.8) is 0 Å². The van der Waals surface area contributed by atoms with Gasteiger partial charge in [-0.1, -0.05) is 12.1 Å². The smallest absolute Gasteiger partial charge is 0.303 e. The van der Waals surface area contributed by atoms with Crippen molar-refractivity contribution in [1.29, 1.82) is 0 Å². The van der Waals surface area contributed by atoms with Gasteiger partial charge in [0.1, 0.15) is 0 Å². The Bertz CT molecular complexity index is 634. The Kier molecular flexibility index (Phi) is 4.34. The normalized spacial score (nSPS) is 10.7. The van der Waals surface area contributed by atoms with Gasteiger partial charge < -0.3 is 9.67 Å². The molecular formula is C14H17N3O3. The highest BCUT2D eigenvalue weighted by molar-refractivity contribution is 5.91. The lowest BCUT2D eigenvalue weighted by molar-refractivity contribution is -0.137. The summed E-state index contributed by atoms with van der Waals surface area (Å²) in [5, 5.41) is 11.3. The number of imidazole rings is 1. The van der Waals surface area contributed by atoms with Gasteiger partial charge in [0.25, 0.3) is 0 Å². The molecule has 0 saturated carbocycles. The van der Waals surface area contributed by atoms with E-state index in [9.17, 15) is 9.59 Å². The number of nitrogens with one attached hydrogen (secondary N) is 1. The molecule has 0 bridgehead atoms. The van der Waals surface area contributed by atoms with Crippen LogP contribution in [-0.4, -0.2) is 26.5 Å². The minimum absolute atomic E-state index is 0.0968. The monoisotopic (exact) mass is 275 g/mol. The first-order valence-electron chi connectivity index (χ1n) is 6.51. The van der Waals surface area contributed by atoms with Gasteiger partial charge in [-0.3, -0.25) is 14.9 Å². The van der Waals surface area contributed by atoms with Crippen LogP contribution in [0.5, 0.6) is 0 Å². The lowest BCUT2D eigenvalue weighted by atomic mass is 10.2. The Hall–Kier alpha value is -2.37. The van der Waals surface area contributed by atoms with Gasteiger partial charge >= 0.3 is 5.97 Å². The fourth-order valence-corrected chi connectivity index (χ4v) is 2.01. The second-order valence-corrected chi connectivity index (χ2v) is 4.63. The lowest BCUT2D eigenvalue weighted by Crippen LogP contribution is -2.14. The number of aryl methyl sites for hydroxylation is 1. The first-order valence-corrected chi connectivity index (χ1v) is 6.51. The maximum Gasteiger partial charge on any atom is 0.303 e. The molecule has 1 aromatic heterocycles. The van der Waals surface area contributed by atoms with Crippen molar-refractivity contribution < 1.29 is 14.7 Å². The predicted molar refractivity (Wildman–Crippen MR) is 75.4 cm³/mol. The summed E-state index contributed by atoms with van der Waals surface area (Å²) in [4.78, 5) is 26.5. The Morgan fingerprint density at radius 3 is 2.65 bits per heavy atom. The Balaban J connectivity index is 1.93. The van der Waals surface area contributed by atoms with Gasteiger partial charge in [0, 0.05) is 19.9 Å². The molecule has 1 heterocycles. The van der Waals surface area contributed by atoms with E-state index in [2.05, 4.69) is 10.3 Å². The highest BCUT2D eigenvalue weighted by atomic mass is 16.4. The number of anilines is 1. The van der Waals surface area contributed by atoms with Crippen molar-refractivity contribution in [2.75, 3.05) is 5.32 Å². The number of hydrogen-bond donors (Lipinski definition) is 2. The number of para-hydroxylation sites is 2. The summed E-state index contributed by atoms with van der Waals surface area (Å²) in [5.74, 6) is -0.469. The highest BCUT2D eigenvalue weighted by Crippen LogP contribution is 2.17. The standard InChI is InChI=1S/C14H17N3O3/c1-17-11-7-3-2-6-10(11)15-14(17)16-12(18)8-4-5-9-13(19)20/h2-3,6-7H,4-5,8-9H2,1H3,(H,19,20)(H,15,16,18). The van der Waals surface area contributed by atoms with Crippen LogP contribution in [0.4, 0.5) is 5.95 Å². The van der Waals surface area contributed by atoms with E-state index in [0.29, 0.717) is 25.2 Å². The summed E-state index contributed by atoms with van der Waals surface area (Å²) in [5.41, 5.74) is 1.78. The third-order valence-electron chi connectivity index (χ3n) is 3.08. The third kappa shape index (κ3) is 3.34. The molecule has 6 nitrogen and oxygen atoms in total. The number of benzene rings is 1. The number of rotatable bonds is 6. The number of carbonyl (C=O) groups excluding carboxylic acids is 1. The van der Waals surface area contributed by atoms with Crippen LogP contribution in [0.1, 0.15) is 25.7 Å². The Labute approximate surface area is 116 Å². The van der Waals surface area contributed by atoms with E-state index in [0.717, 1.165) is 11.0 Å². The minimum Gasteiger partial charge on any atom is -0.481 e. The van der Waals surface area contributed by atoms with Crippen LogP contribution in [0.3, 0.4) is 0 Å². The van der Waals surface area contributed by atoms with E-state index in [4.69, 9.17) is 5.11 Å². The van der Waals surface area contributed by atoms with Crippen molar-refractivity contribution in [2.45, 2.75) is 25.7 Å². The molecule has 106 valence electrons. The third-order valence-corrected chi connectivity index (χ3v) is 3.08. The second kappa shape index (κ2) is 6.18. The zero-order valence-corrected chi connectivity index (χ0v) is 11.3. The number of amides is 1. The molecule has 0 saturated heterocycles. The zero-order chi connectivity index (χ0) is 14.5. The molecule has 1 amide bonds. The maximum absolute atomic E-state index is 11.8. The zero-order valence-electron chi connectivity index (χ0n) is 11.3. The van der Waals surface area contributed by atoms with Crippen molar-refractivity contribution in [3.05, 3.63) is 24.3 Å². The number of hydrogen-bond acceptors (Lipinski definition) is 3. The van der Waals surface area contributed by atoms with E-state index < -0.39 is 5.97 Å². The van der Waals surface area contributed by atoms with Crippen LogP contribution in [0.25, 0.3) is 11.0 Å². The fraction of sp³-hybridized carbons (Fsp3) is 0.357. The van der Waals surface area contributed by atoms with Crippen LogP contribution in [0.2, 0.25) is 0 Å². The minimum atomic E-state index is -0.833. The fourth-order valence-electron chi connectivity index (χ4n) is 2.01. The second-order valence-electron chi connectivity index (χ2n) is 4.63. The molecule has 0 aliphatic carbocycles. The molecule has 0 fully saturated rings. The predicted octanol–water partition coefficient (Wildman–Crippen LogP) is 2.16. The van der Waals surface area contributed by atoms with Crippen molar-refractivity contribution in [3.8, 4) is 0 Å². The number of aromatic nitrogens is 2. The SMILES string of the molecule is Cn1c(NC(=O)CCCCC(=O)O)nc2ccccc21. The number of unbranched alkanes of at least 4 members (excludes halogenated alkanes) is 1. The molecule has 0 radical (unpaired) electrons. The van der Waals surface area contributed by atoms with Gasteiger partial charge in [0.15, 0.2) is 0 Å². The molecule has 0 aliphatic heterocycles. The summed E-state index contributed by atoms with van der Waals surface area (Å²) in [6, 6.07) is 7.64. The number of nitrogens with zero attached hydrogens (tertiary/aromatic N) is 2. The first kappa shape index (κ1) is 14.0. The van der Waals surface area contributed by atoms with Crippen molar-refractivity contribution in [1.82, 2.24) is 9.55 Å². The van der Waals surface area contributed by atoms with E-state index in [1.54, 1.807) is 0 Å². The molecule has 0 atom stereocenters. The quantitative estimate of drug-likeness (QED) is 0.791. The van der Waals surface area contributed by atoms with E-state index >= 15 is 0 Å². The average Bonchev–Trinajstić information content (AvgIpc) is 2.72. The van der Waals surface area contributed by atoms with Crippen LogP contribution in [-0.2, 0) is 16.6 Å². The van der Waals surface area contributed by atoms with Crippen LogP contribution >= 0.6 is 0 Å². The Morgan fingerprint density at radius 1 is 1.25 bits per heavy atom. The number of fused-ring (bicyclic) bond motifs is 1.